The number of nitro groups is 1. The van der Waals surface area contributed by atoms with Crippen molar-refractivity contribution in [1.82, 2.24) is 0 Å². The SMILES string of the molecule is O=[N+]([O-])c1ccccc1Oc1c(F)cccc1CCl. The maximum absolute atomic E-state index is 13.7. The fraction of sp³-hybridized carbons (Fsp3) is 0.0769. The zero-order chi connectivity index (χ0) is 13.8. The molecule has 0 bridgehead atoms. The van der Waals surface area contributed by atoms with E-state index in [1.165, 1.54) is 30.3 Å². The van der Waals surface area contributed by atoms with E-state index in [-0.39, 0.29) is 23.1 Å². The van der Waals surface area contributed by atoms with Gasteiger partial charge in [-0.1, -0.05) is 24.3 Å². The predicted octanol–water partition coefficient (Wildman–Crippen LogP) is 4.27. The number of hydrogen-bond acceptors (Lipinski definition) is 3. The van der Waals surface area contributed by atoms with Gasteiger partial charge in [-0.25, -0.2) is 4.39 Å². The van der Waals surface area contributed by atoms with Gasteiger partial charge in [0.15, 0.2) is 11.6 Å². The quantitative estimate of drug-likeness (QED) is 0.478. The zero-order valence-electron chi connectivity index (χ0n) is 9.68. The third kappa shape index (κ3) is 2.82. The number of halogens is 2. The predicted molar refractivity (Wildman–Crippen MR) is 69.1 cm³/mol. The highest BCUT2D eigenvalue weighted by Gasteiger charge is 2.17. The summed E-state index contributed by atoms with van der Waals surface area (Å²) in [5.74, 6) is -0.680. The van der Waals surface area contributed by atoms with Crippen molar-refractivity contribution in [3.63, 3.8) is 0 Å². The molecule has 0 fully saturated rings. The lowest BCUT2D eigenvalue weighted by Gasteiger charge is -2.10. The van der Waals surface area contributed by atoms with E-state index in [4.69, 9.17) is 16.3 Å². The molecule has 0 aromatic heterocycles. The van der Waals surface area contributed by atoms with Gasteiger partial charge in [0.2, 0.25) is 5.75 Å². The van der Waals surface area contributed by atoms with Gasteiger partial charge in [-0.05, 0) is 12.1 Å². The van der Waals surface area contributed by atoms with Gasteiger partial charge >= 0.3 is 5.69 Å². The van der Waals surface area contributed by atoms with Crippen LogP contribution in [0.25, 0.3) is 0 Å². The van der Waals surface area contributed by atoms with Gasteiger partial charge in [0.1, 0.15) is 0 Å². The summed E-state index contributed by atoms with van der Waals surface area (Å²) in [6, 6.07) is 10.1. The van der Waals surface area contributed by atoms with Crippen LogP contribution in [0, 0.1) is 15.9 Å². The summed E-state index contributed by atoms with van der Waals surface area (Å²) in [6.45, 7) is 0. The highest BCUT2D eigenvalue weighted by molar-refractivity contribution is 6.17. The maximum atomic E-state index is 13.7. The molecule has 2 aromatic carbocycles. The maximum Gasteiger partial charge on any atom is 0.311 e. The molecule has 0 radical (unpaired) electrons. The molecule has 0 spiro atoms. The van der Waals surface area contributed by atoms with Crippen molar-refractivity contribution in [3.05, 3.63) is 64.0 Å². The summed E-state index contributed by atoms with van der Waals surface area (Å²) in [7, 11) is 0. The average Bonchev–Trinajstić information content (AvgIpc) is 2.41. The molecule has 98 valence electrons. The Bertz CT molecular complexity index is 619. The van der Waals surface area contributed by atoms with Gasteiger partial charge in [0, 0.05) is 11.6 Å². The summed E-state index contributed by atoms with van der Waals surface area (Å²) in [4.78, 5) is 10.3. The number of ether oxygens (including phenoxy) is 1. The Labute approximate surface area is 113 Å². The van der Waals surface area contributed by atoms with Crippen LogP contribution in [0.15, 0.2) is 42.5 Å². The number of rotatable bonds is 4. The fourth-order valence-corrected chi connectivity index (χ4v) is 1.79. The second-order valence-corrected chi connectivity index (χ2v) is 3.96. The van der Waals surface area contributed by atoms with E-state index in [0.29, 0.717) is 5.56 Å². The van der Waals surface area contributed by atoms with E-state index in [9.17, 15) is 14.5 Å². The molecule has 0 unspecified atom stereocenters. The monoisotopic (exact) mass is 281 g/mol. The molecule has 4 nitrogen and oxygen atoms in total. The minimum atomic E-state index is -0.615. The Morgan fingerprint density at radius 2 is 1.95 bits per heavy atom. The molecule has 0 N–H and O–H groups in total. The first kappa shape index (κ1) is 13.3. The van der Waals surface area contributed by atoms with Gasteiger partial charge in [-0.3, -0.25) is 10.1 Å². The second kappa shape index (κ2) is 5.67. The number of alkyl halides is 1. The van der Waals surface area contributed by atoms with Crippen LogP contribution in [0.3, 0.4) is 0 Å². The largest absolute Gasteiger partial charge is 0.447 e. The van der Waals surface area contributed by atoms with E-state index in [2.05, 4.69) is 0 Å². The molecule has 0 aliphatic rings. The van der Waals surface area contributed by atoms with Crippen LogP contribution in [0.5, 0.6) is 11.5 Å². The van der Waals surface area contributed by atoms with Crippen molar-refractivity contribution in [2.75, 3.05) is 0 Å². The van der Waals surface area contributed by atoms with Crippen molar-refractivity contribution in [1.29, 1.82) is 0 Å². The van der Waals surface area contributed by atoms with Gasteiger partial charge in [-0.15, -0.1) is 11.6 Å². The minimum absolute atomic E-state index is 0.0241. The van der Waals surface area contributed by atoms with Gasteiger partial charge in [0.25, 0.3) is 0 Å². The summed E-state index contributed by atoms with van der Waals surface area (Å²) < 4.78 is 19.0. The third-order valence-electron chi connectivity index (χ3n) is 2.47. The molecule has 0 amide bonds. The molecule has 0 aliphatic carbocycles. The number of hydrogen-bond donors (Lipinski definition) is 0. The third-order valence-corrected chi connectivity index (χ3v) is 2.75. The van der Waals surface area contributed by atoms with E-state index in [0.717, 1.165) is 0 Å². The molecular weight excluding hydrogens is 273 g/mol. The number of nitro benzene ring substituents is 1. The molecule has 0 heterocycles. The minimum Gasteiger partial charge on any atom is -0.447 e. The molecular formula is C13H9ClFNO3. The first-order valence-corrected chi connectivity index (χ1v) is 5.91. The topological polar surface area (TPSA) is 52.4 Å². The molecule has 0 aliphatic heterocycles. The highest BCUT2D eigenvalue weighted by Crippen LogP contribution is 2.34. The zero-order valence-corrected chi connectivity index (χ0v) is 10.4. The van der Waals surface area contributed by atoms with Crippen LogP contribution in [-0.2, 0) is 5.88 Å². The lowest BCUT2D eigenvalue weighted by molar-refractivity contribution is -0.385. The molecule has 0 saturated carbocycles. The summed E-state index contributed by atoms with van der Waals surface area (Å²) in [5, 5.41) is 10.9. The molecule has 0 saturated heterocycles. The van der Waals surface area contributed by atoms with Crippen LogP contribution in [-0.4, -0.2) is 4.92 Å². The second-order valence-electron chi connectivity index (χ2n) is 3.69. The smallest absolute Gasteiger partial charge is 0.311 e. The lowest BCUT2D eigenvalue weighted by atomic mass is 10.2. The Balaban J connectivity index is 2.45. The van der Waals surface area contributed by atoms with Crippen molar-refractivity contribution in [3.8, 4) is 11.5 Å². The Kier molecular flexibility index (Phi) is 3.97. The molecule has 0 atom stereocenters. The standard InChI is InChI=1S/C13H9ClFNO3/c14-8-9-4-3-5-10(15)13(9)19-12-7-2-1-6-11(12)16(17)18/h1-7H,8H2. The Morgan fingerprint density at radius 1 is 1.21 bits per heavy atom. The summed E-state index contributed by atoms with van der Waals surface area (Å²) in [5.41, 5.74) is 0.200. The van der Waals surface area contributed by atoms with Crippen LogP contribution in [0.4, 0.5) is 10.1 Å². The van der Waals surface area contributed by atoms with E-state index >= 15 is 0 Å². The first-order chi connectivity index (χ1) is 9.13. The van der Waals surface area contributed by atoms with Gasteiger partial charge in [0.05, 0.1) is 10.8 Å². The molecule has 6 heteroatoms. The Hall–Kier alpha value is -2.14. The summed E-state index contributed by atoms with van der Waals surface area (Å²) in [6.07, 6.45) is 0. The lowest BCUT2D eigenvalue weighted by Crippen LogP contribution is -1.97. The normalized spacial score (nSPS) is 10.2. The van der Waals surface area contributed by atoms with Crippen LogP contribution < -0.4 is 4.74 Å². The molecule has 2 rings (SSSR count). The van der Waals surface area contributed by atoms with E-state index in [1.54, 1.807) is 12.1 Å². The first-order valence-electron chi connectivity index (χ1n) is 5.38. The van der Waals surface area contributed by atoms with Crippen molar-refractivity contribution >= 4 is 17.3 Å². The van der Waals surface area contributed by atoms with Gasteiger partial charge in [-0.2, -0.15) is 0 Å². The number of benzene rings is 2. The van der Waals surface area contributed by atoms with Crippen molar-refractivity contribution in [2.45, 2.75) is 5.88 Å². The highest BCUT2D eigenvalue weighted by atomic mass is 35.5. The summed E-state index contributed by atoms with van der Waals surface area (Å²) >= 11 is 5.69. The fourth-order valence-electron chi connectivity index (χ4n) is 1.58. The van der Waals surface area contributed by atoms with Crippen LogP contribution in [0.2, 0.25) is 0 Å². The average molecular weight is 282 g/mol. The molecule has 19 heavy (non-hydrogen) atoms. The molecule has 2 aromatic rings. The van der Waals surface area contributed by atoms with Crippen molar-refractivity contribution < 1.29 is 14.1 Å². The van der Waals surface area contributed by atoms with Crippen LogP contribution >= 0.6 is 11.6 Å². The van der Waals surface area contributed by atoms with Crippen molar-refractivity contribution in [2.24, 2.45) is 0 Å². The van der Waals surface area contributed by atoms with E-state index < -0.39 is 10.7 Å². The number of nitrogens with zero attached hydrogens (tertiary/aromatic N) is 1. The van der Waals surface area contributed by atoms with Gasteiger partial charge < -0.3 is 4.74 Å². The van der Waals surface area contributed by atoms with Crippen LogP contribution in [0.1, 0.15) is 5.56 Å². The van der Waals surface area contributed by atoms with E-state index in [1.807, 2.05) is 0 Å². The number of para-hydroxylation sites is 3. The Morgan fingerprint density at radius 3 is 2.63 bits per heavy atom.